The van der Waals surface area contributed by atoms with Crippen LogP contribution in [0.1, 0.15) is 11.1 Å². The lowest BCUT2D eigenvalue weighted by atomic mass is 9.88. The predicted octanol–water partition coefficient (Wildman–Crippen LogP) is 2.17. The molecular formula is C16H18OS. The monoisotopic (exact) mass is 258 g/mol. The number of hydrogen-bond donors (Lipinski definition) is 0. The van der Waals surface area contributed by atoms with Crippen LogP contribution in [-0.2, 0) is 16.5 Å². The van der Waals surface area contributed by atoms with Crippen LogP contribution in [0.5, 0.6) is 0 Å². The summed E-state index contributed by atoms with van der Waals surface area (Å²) in [5, 5.41) is 13.3. The van der Waals surface area contributed by atoms with E-state index in [4.69, 9.17) is 0 Å². The second-order valence-corrected chi connectivity index (χ2v) is 6.95. The molecule has 0 bridgehead atoms. The first-order valence-electron chi connectivity index (χ1n) is 5.98. The fraction of sp³-hybridized carbons (Fsp3) is 0.250. The molecule has 0 unspecified atom stereocenters. The molecule has 0 saturated carbocycles. The minimum absolute atomic E-state index is 0.102. The molecule has 18 heavy (non-hydrogen) atoms. The first kappa shape index (κ1) is 13.2. The summed E-state index contributed by atoms with van der Waals surface area (Å²) in [6, 6.07) is 19.4. The van der Waals surface area contributed by atoms with Crippen molar-refractivity contribution in [1.29, 1.82) is 0 Å². The van der Waals surface area contributed by atoms with Crippen LogP contribution in [0.25, 0.3) is 0 Å². The minimum atomic E-state index is -1.13. The van der Waals surface area contributed by atoms with E-state index in [0.717, 1.165) is 11.1 Å². The smallest absolute Gasteiger partial charge is 0.106 e. The van der Waals surface area contributed by atoms with Gasteiger partial charge in [0.25, 0.3) is 0 Å². The van der Waals surface area contributed by atoms with Gasteiger partial charge < -0.3 is 5.11 Å². The van der Waals surface area contributed by atoms with Crippen LogP contribution in [0.2, 0.25) is 0 Å². The maximum atomic E-state index is 13.3. The topological polar surface area (TPSA) is 23.1 Å². The minimum Gasteiger partial charge on any atom is -0.839 e. The third kappa shape index (κ3) is 2.77. The predicted molar refractivity (Wildman–Crippen MR) is 77.7 cm³/mol. The van der Waals surface area contributed by atoms with Gasteiger partial charge in [-0.25, -0.2) is 0 Å². The summed E-state index contributed by atoms with van der Waals surface area (Å²) in [5.41, 5.74) is 0.588. The van der Waals surface area contributed by atoms with E-state index in [-0.39, 0.29) is 10.9 Å². The van der Waals surface area contributed by atoms with Crippen molar-refractivity contribution in [1.82, 2.24) is 0 Å². The van der Waals surface area contributed by atoms with Gasteiger partial charge in [-0.1, -0.05) is 60.7 Å². The van der Waals surface area contributed by atoms with Gasteiger partial charge in [0, 0.05) is 0 Å². The van der Waals surface area contributed by atoms with Crippen molar-refractivity contribution < 1.29 is 5.11 Å². The summed E-state index contributed by atoms with van der Waals surface area (Å²) in [5.74, 6) is 0.640. The number of benzene rings is 2. The Labute approximate surface area is 112 Å². The Morgan fingerprint density at radius 2 is 1.22 bits per heavy atom. The van der Waals surface area contributed by atoms with Gasteiger partial charge in [-0.05, 0) is 27.6 Å². The first-order valence-corrected chi connectivity index (χ1v) is 8.19. The van der Waals surface area contributed by atoms with Crippen molar-refractivity contribution in [2.75, 3.05) is 18.3 Å². The zero-order valence-corrected chi connectivity index (χ0v) is 11.6. The molecule has 2 heteroatoms. The Kier molecular flexibility index (Phi) is 4.10. The molecule has 0 radical (unpaired) electrons. The molecule has 0 aliphatic heterocycles. The highest BCUT2D eigenvalue weighted by Crippen LogP contribution is 2.27. The molecule has 0 fully saturated rings. The SMILES string of the molecule is C[S+](C)CC([O-])(c1ccccc1)c1ccccc1. The van der Waals surface area contributed by atoms with Crippen LogP contribution in [0.15, 0.2) is 60.7 Å². The summed E-state index contributed by atoms with van der Waals surface area (Å²) < 4.78 is 0. The van der Waals surface area contributed by atoms with Crippen LogP contribution in [0, 0.1) is 0 Å². The molecule has 2 aromatic rings. The summed E-state index contributed by atoms with van der Waals surface area (Å²) in [4.78, 5) is 0. The Morgan fingerprint density at radius 3 is 1.56 bits per heavy atom. The zero-order chi connectivity index (χ0) is 13.0. The highest BCUT2D eigenvalue weighted by molar-refractivity contribution is 7.95. The zero-order valence-electron chi connectivity index (χ0n) is 10.8. The van der Waals surface area contributed by atoms with Crippen LogP contribution in [0.3, 0.4) is 0 Å². The Balaban J connectivity index is 2.48. The quantitative estimate of drug-likeness (QED) is 0.771. The summed E-state index contributed by atoms with van der Waals surface area (Å²) >= 11 is 0. The van der Waals surface area contributed by atoms with Gasteiger partial charge in [0.2, 0.25) is 0 Å². The largest absolute Gasteiger partial charge is 0.839 e. The summed E-state index contributed by atoms with van der Waals surface area (Å²) in [6.07, 6.45) is 4.25. The van der Waals surface area contributed by atoms with E-state index in [2.05, 4.69) is 12.5 Å². The van der Waals surface area contributed by atoms with Gasteiger partial charge in [-0.15, -0.1) is 0 Å². The van der Waals surface area contributed by atoms with Gasteiger partial charge in [0.1, 0.15) is 5.75 Å². The Hall–Kier alpha value is -1.25. The molecule has 2 rings (SSSR count). The molecule has 0 atom stereocenters. The number of hydrogen-bond acceptors (Lipinski definition) is 1. The Bertz CT molecular complexity index is 439. The van der Waals surface area contributed by atoms with Crippen molar-refractivity contribution in [3.8, 4) is 0 Å². The standard InChI is InChI=1S/C16H18OS/c1-18(2)13-16(17,14-9-5-3-6-10-14)15-11-7-4-8-12-15/h3-12H,13H2,1-2H3. The molecule has 2 aromatic carbocycles. The van der Waals surface area contributed by atoms with E-state index in [0.29, 0.717) is 5.75 Å². The van der Waals surface area contributed by atoms with Crippen LogP contribution in [0.4, 0.5) is 0 Å². The van der Waals surface area contributed by atoms with Gasteiger partial charge >= 0.3 is 0 Å². The van der Waals surface area contributed by atoms with Gasteiger partial charge in [-0.3, -0.25) is 0 Å². The second kappa shape index (κ2) is 5.59. The normalized spacial score (nSPS) is 11.8. The van der Waals surface area contributed by atoms with E-state index in [9.17, 15) is 5.11 Å². The average Bonchev–Trinajstić information content (AvgIpc) is 2.40. The van der Waals surface area contributed by atoms with Crippen LogP contribution < -0.4 is 5.11 Å². The van der Waals surface area contributed by atoms with Crippen molar-refractivity contribution in [2.45, 2.75) is 5.60 Å². The first-order chi connectivity index (χ1) is 8.63. The molecule has 0 spiro atoms. The van der Waals surface area contributed by atoms with E-state index in [1.807, 2.05) is 60.7 Å². The van der Waals surface area contributed by atoms with Crippen LogP contribution >= 0.6 is 0 Å². The van der Waals surface area contributed by atoms with E-state index in [1.54, 1.807) is 0 Å². The lowest BCUT2D eigenvalue weighted by molar-refractivity contribution is -0.463. The molecular weight excluding hydrogens is 240 g/mol. The van der Waals surface area contributed by atoms with Crippen molar-refractivity contribution >= 4 is 10.9 Å². The molecule has 0 amide bonds. The highest BCUT2D eigenvalue weighted by Gasteiger charge is 2.26. The molecule has 0 aliphatic rings. The maximum Gasteiger partial charge on any atom is 0.106 e. The second-order valence-electron chi connectivity index (χ2n) is 4.69. The van der Waals surface area contributed by atoms with Crippen molar-refractivity contribution in [3.63, 3.8) is 0 Å². The average molecular weight is 258 g/mol. The van der Waals surface area contributed by atoms with Gasteiger partial charge in [0.15, 0.2) is 0 Å². The molecule has 0 N–H and O–H groups in total. The summed E-state index contributed by atoms with van der Waals surface area (Å²) in [7, 11) is 0.102. The summed E-state index contributed by atoms with van der Waals surface area (Å²) in [6.45, 7) is 0. The fourth-order valence-corrected chi connectivity index (χ4v) is 3.30. The van der Waals surface area contributed by atoms with Gasteiger partial charge in [-0.2, -0.15) is 0 Å². The lowest BCUT2D eigenvalue weighted by Gasteiger charge is -2.39. The third-order valence-corrected chi connectivity index (χ3v) is 3.96. The van der Waals surface area contributed by atoms with Crippen molar-refractivity contribution in [3.05, 3.63) is 71.8 Å². The van der Waals surface area contributed by atoms with E-state index in [1.165, 1.54) is 0 Å². The van der Waals surface area contributed by atoms with E-state index < -0.39 is 5.60 Å². The highest BCUT2D eigenvalue weighted by atomic mass is 32.2. The van der Waals surface area contributed by atoms with Crippen molar-refractivity contribution in [2.24, 2.45) is 0 Å². The molecule has 94 valence electrons. The fourth-order valence-electron chi connectivity index (χ4n) is 2.15. The van der Waals surface area contributed by atoms with E-state index >= 15 is 0 Å². The molecule has 0 saturated heterocycles. The van der Waals surface area contributed by atoms with Gasteiger partial charge in [0.05, 0.1) is 12.5 Å². The lowest BCUT2D eigenvalue weighted by Crippen LogP contribution is -2.47. The third-order valence-electron chi connectivity index (χ3n) is 2.97. The number of rotatable bonds is 4. The Morgan fingerprint density at radius 1 is 0.833 bits per heavy atom. The maximum absolute atomic E-state index is 13.3. The molecule has 1 nitrogen and oxygen atoms in total. The molecule has 0 aromatic heterocycles. The molecule has 0 heterocycles. The van der Waals surface area contributed by atoms with Crippen LogP contribution in [-0.4, -0.2) is 18.3 Å². The molecule has 0 aliphatic carbocycles.